The predicted molar refractivity (Wildman–Crippen MR) is 72.7 cm³/mol. The number of nitro benzene ring substituents is 1. The molecule has 0 spiro atoms. The van der Waals surface area contributed by atoms with Crippen LogP contribution >= 0.6 is 0 Å². The molecule has 0 aliphatic carbocycles. The van der Waals surface area contributed by atoms with E-state index in [1.54, 1.807) is 6.92 Å². The number of nitrogen functional groups attached to an aromatic ring is 1. The van der Waals surface area contributed by atoms with Crippen LogP contribution in [-0.4, -0.2) is 52.0 Å². The third kappa shape index (κ3) is 4.83. The molecule has 0 aliphatic heterocycles. The molecule has 0 aliphatic rings. The third-order valence-corrected chi connectivity index (χ3v) is 2.57. The second-order valence-corrected chi connectivity index (χ2v) is 4.34. The van der Waals surface area contributed by atoms with Gasteiger partial charge in [-0.15, -0.1) is 0 Å². The summed E-state index contributed by atoms with van der Waals surface area (Å²) in [7, 11) is 0. The molecule has 0 heterocycles. The summed E-state index contributed by atoms with van der Waals surface area (Å²) in [6.07, 6.45) is -3.24. The van der Waals surface area contributed by atoms with Crippen LogP contribution in [0.5, 0.6) is 5.75 Å². The van der Waals surface area contributed by atoms with Crippen molar-refractivity contribution in [2.75, 3.05) is 18.9 Å². The molecule has 1 aromatic rings. The van der Waals surface area contributed by atoms with Crippen molar-refractivity contribution in [3.05, 3.63) is 28.3 Å². The van der Waals surface area contributed by atoms with Crippen molar-refractivity contribution in [3.8, 4) is 5.75 Å². The number of nitro groups is 1. The van der Waals surface area contributed by atoms with Gasteiger partial charge < -0.3 is 30.5 Å². The molecule has 0 radical (unpaired) electrons. The van der Waals surface area contributed by atoms with Gasteiger partial charge in [-0.25, -0.2) is 0 Å². The molecule has 0 aromatic heterocycles. The monoisotopic (exact) mass is 302 g/mol. The van der Waals surface area contributed by atoms with Crippen LogP contribution in [0.4, 0.5) is 11.4 Å². The minimum atomic E-state index is -1.35. The van der Waals surface area contributed by atoms with Crippen LogP contribution in [0.1, 0.15) is 6.92 Å². The highest BCUT2D eigenvalue weighted by Crippen LogP contribution is 2.27. The van der Waals surface area contributed by atoms with Gasteiger partial charge in [-0.1, -0.05) is 0 Å². The molecule has 0 bridgehead atoms. The van der Waals surface area contributed by atoms with E-state index in [9.17, 15) is 15.2 Å². The van der Waals surface area contributed by atoms with E-state index in [1.807, 2.05) is 0 Å². The molecular weight excluding hydrogens is 284 g/mol. The zero-order valence-electron chi connectivity index (χ0n) is 11.4. The van der Waals surface area contributed by atoms with E-state index in [0.29, 0.717) is 0 Å². The van der Waals surface area contributed by atoms with Gasteiger partial charge in [0.15, 0.2) is 0 Å². The van der Waals surface area contributed by atoms with Gasteiger partial charge in [-0.2, -0.15) is 0 Å². The van der Waals surface area contributed by atoms with Crippen molar-refractivity contribution in [1.82, 2.24) is 0 Å². The van der Waals surface area contributed by atoms with Crippen molar-refractivity contribution in [3.63, 3.8) is 0 Å². The number of hydrogen-bond donors (Lipinski definition) is 4. The molecule has 1 unspecified atom stereocenters. The summed E-state index contributed by atoms with van der Waals surface area (Å²) in [6, 6.07) is 3.66. The Labute approximate surface area is 120 Å². The Morgan fingerprint density at radius 3 is 2.52 bits per heavy atom. The summed E-state index contributed by atoms with van der Waals surface area (Å²) in [5, 5.41) is 38.1. The largest absolute Gasteiger partial charge is 0.462 e. The van der Waals surface area contributed by atoms with E-state index < -0.39 is 30.0 Å². The molecule has 1 rings (SSSR count). The van der Waals surface area contributed by atoms with Gasteiger partial charge in [-0.3, -0.25) is 10.1 Å². The van der Waals surface area contributed by atoms with Crippen molar-refractivity contribution in [1.29, 1.82) is 0 Å². The molecule has 3 atom stereocenters. The number of nitrogens with zero attached hydrogens (tertiary/aromatic N) is 1. The zero-order chi connectivity index (χ0) is 16.0. The highest BCUT2D eigenvalue weighted by molar-refractivity contribution is 5.60. The normalized spacial score (nSPS) is 15.2. The SMILES string of the molecule is CC(CO)O[C@@H](Oc1ccc([N+](=O)[O-])c(N)c1)[C@@H](O)CO. The number of rotatable bonds is 8. The van der Waals surface area contributed by atoms with Crippen molar-refractivity contribution >= 4 is 11.4 Å². The second kappa shape index (κ2) is 7.74. The first kappa shape index (κ1) is 17.1. The van der Waals surface area contributed by atoms with Crippen LogP contribution in [0.3, 0.4) is 0 Å². The maximum atomic E-state index is 10.7. The highest BCUT2D eigenvalue weighted by Gasteiger charge is 2.24. The Kier molecular flexibility index (Phi) is 6.31. The minimum absolute atomic E-state index is 0.107. The van der Waals surface area contributed by atoms with Crippen LogP contribution in [0.2, 0.25) is 0 Å². The second-order valence-electron chi connectivity index (χ2n) is 4.34. The van der Waals surface area contributed by atoms with Gasteiger partial charge in [0.1, 0.15) is 17.5 Å². The molecule has 5 N–H and O–H groups in total. The average Bonchev–Trinajstić information content (AvgIpc) is 2.45. The topological polar surface area (TPSA) is 148 Å². The Bertz CT molecular complexity index is 483. The number of aliphatic hydroxyl groups is 3. The lowest BCUT2D eigenvalue weighted by Gasteiger charge is -2.25. The van der Waals surface area contributed by atoms with Crippen LogP contribution in [0.15, 0.2) is 18.2 Å². The maximum Gasteiger partial charge on any atom is 0.292 e. The Morgan fingerprint density at radius 2 is 2.05 bits per heavy atom. The summed E-state index contributed by atoms with van der Waals surface area (Å²) in [5.74, 6) is 0.126. The summed E-state index contributed by atoms with van der Waals surface area (Å²) >= 11 is 0. The molecular formula is C12H18N2O7. The lowest BCUT2D eigenvalue weighted by atomic mass is 10.2. The van der Waals surface area contributed by atoms with Crippen molar-refractivity contribution in [2.45, 2.75) is 25.4 Å². The smallest absolute Gasteiger partial charge is 0.292 e. The standard InChI is InChI=1S/C12H18N2O7/c1-7(5-15)20-12(11(17)6-16)21-8-2-3-10(14(18)19)9(13)4-8/h2-4,7,11-12,15-17H,5-6,13H2,1H3/t7?,11-,12-/m0/s1. The third-order valence-electron chi connectivity index (χ3n) is 2.57. The van der Waals surface area contributed by atoms with Gasteiger partial charge in [0.05, 0.1) is 24.2 Å². The van der Waals surface area contributed by atoms with Gasteiger partial charge in [0.2, 0.25) is 6.29 Å². The molecule has 1 aromatic carbocycles. The van der Waals surface area contributed by atoms with E-state index in [2.05, 4.69) is 0 Å². The van der Waals surface area contributed by atoms with Crippen LogP contribution in [-0.2, 0) is 4.74 Å². The van der Waals surface area contributed by atoms with E-state index in [0.717, 1.165) is 6.07 Å². The molecule has 0 saturated heterocycles. The molecule has 9 nitrogen and oxygen atoms in total. The van der Waals surface area contributed by atoms with Gasteiger partial charge in [-0.05, 0) is 13.0 Å². The fourth-order valence-corrected chi connectivity index (χ4v) is 1.46. The Balaban J connectivity index is 2.87. The van der Waals surface area contributed by atoms with E-state index in [4.69, 9.17) is 25.4 Å². The van der Waals surface area contributed by atoms with Gasteiger partial charge in [0.25, 0.3) is 5.69 Å². The van der Waals surface area contributed by atoms with E-state index >= 15 is 0 Å². The van der Waals surface area contributed by atoms with Crippen molar-refractivity contribution in [2.24, 2.45) is 0 Å². The number of benzene rings is 1. The number of anilines is 1. The Hall–Kier alpha value is -1.94. The molecule has 0 amide bonds. The fourth-order valence-electron chi connectivity index (χ4n) is 1.46. The molecule has 0 saturated carbocycles. The summed E-state index contributed by atoms with van der Waals surface area (Å²) < 4.78 is 10.5. The highest BCUT2D eigenvalue weighted by atomic mass is 16.7. The lowest BCUT2D eigenvalue weighted by molar-refractivity contribution is -0.383. The summed E-state index contributed by atoms with van der Waals surface area (Å²) in [6.45, 7) is 0.621. The summed E-state index contributed by atoms with van der Waals surface area (Å²) in [4.78, 5) is 10.0. The number of nitrogens with two attached hydrogens (primary N) is 1. The first-order valence-electron chi connectivity index (χ1n) is 6.14. The van der Waals surface area contributed by atoms with E-state index in [-0.39, 0.29) is 23.7 Å². The van der Waals surface area contributed by atoms with Crippen molar-refractivity contribution < 1.29 is 29.7 Å². The first-order chi connectivity index (χ1) is 9.88. The van der Waals surface area contributed by atoms with Gasteiger partial charge in [0, 0.05) is 12.1 Å². The zero-order valence-corrected chi connectivity index (χ0v) is 11.4. The van der Waals surface area contributed by atoms with Crippen LogP contribution in [0, 0.1) is 10.1 Å². The number of ether oxygens (including phenoxy) is 2. The molecule has 118 valence electrons. The summed E-state index contributed by atoms with van der Waals surface area (Å²) in [5.41, 5.74) is 5.14. The minimum Gasteiger partial charge on any atom is -0.462 e. The molecule has 9 heteroatoms. The lowest BCUT2D eigenvalue weighted by Crippen LogP contribution is -2.40. The average molecular weight is 302 g/mol. The molecule has 0 fully saturated rings. The number of hydrogen-bond acceptors (Lipinski definition) is 8. The van der Waals surface area contributed by atoms with Crippen LogP contribution < -0.4 is 10.5 Å². The quantitative estimate of drug-likeness (QED) is 0.220. The fraction of sp³-hybridized carbons (Fsp3) is 0.500. The number of aliphatic hydroxyl groups excluding tert-OH is 3. The molecule has 21 heavy (non-hydrogen) atoms. The van der Waals surface area contributed by atoms with Crippen LogP contribution in [0.25, 0.3) is 0 Å². The maximum absolute atomic E-state index is 10.7. The predicted octanol–water partition coefficient (Wildman–Crippen LogP) is -0.367. The first-order valence-corrected chi connectivity index (χ1v) is 6.14. The van der Waals surface area contributed by atoms with E-state index in [1.165, 1.54) is 12.1 Å². The van der Waals surface area contributed by atoms with Gasteiger partial charge >= 0.3 is 0 Å². The Morgan fingerprint density at radius 1 is 1.38 bits per heavy atom.